The predicted molar refractivity (Wildman–Crippen MR) is 66.7 cm³/mol. The van der Waals surface area contributed by atoms with Crippen LogP contribution in [0.25, 0.3) is 5.52 Å². The highest BCUT2D eigenvalue weighted by Crippen LogP contribution is 2.32. The zero-order chi connectivity index (χ0) is 13.3. The maximum Gasteiger partial charge on any atom is 0.707 e. The Kier molecular flexibility index (Phi) is 3.44. The molecule has 0 radical (unpaired) electrons. The van der Waals surface area contributed by atoms with Gasteiger partial charge in [0.25, 0.3) is 0 Å². The maximum atomic E-state index is 8.98. The molecule has 2 aromatic heterocycles. The number of pyridine rings is 1. The largest absolute Gasteiger partial charge is 0.707 e. The van der Waals surface area contributed by atoms with Crippen LogP contribution in [0.1, 0.15) is 25.5 Å². The van der Waals surface area contributed by atoms with Crippen LogP contribution in [0.2, 0.25) is 0 Å². The third kappa shape index (κ3) is 2.14. The van der Waals surface area contributed by atoms with E-state index in [0.29, 0.717) is 22.8 Å². The Bertz CT molecular complexity index is 553. The van der Waals surface area contributed by atoms with E-state index in [9.17, 15) is 0 Å². The highest BCUT2D eigenvalue weighted by molar-refractivity contribution is 6.34. The number of nitrogens with zero attached hydrogens (tertiary/aromatic N) is 2. The summed E-state index contributed by atoms with van der Waals surface area (Å²) in [6.45, 7) is 3.90. The molecule has 0 saturated carbocycles. The Labute approximate surface area is 105 Å². The highest BCUT2D eigenvalue weighted by atomic mass is 16.6. The number of hydrogen-bond acceptors (Lipinski definition) is 5. The molecule has 2 aromatic rings. The van der Waals surface area contributed by atoms with Gasteiger partial charge >= 0.3 is 7.32 Å². The number of hydrogen-bond donors (Lipinski definition) is 2. The molecular weight excluding hydrogens is 235 g/mol. The Morgan fingerprint density at radius 2 is 2.06 bits per heavy atom. The summed E-state index contributed by atoms with van der Waals surface area (Å²) in [5.74, 6) is 0.999. The van der Waals surface area contributed by atoms with Crippen molar-refractivity contribution in [3.8, 4) is 11.6 Å². The van der Waals surface area contributed by atoms with Crippen LogP contribution in [-0.4, -0.2) is 34.1 Å². The first-order valence-corrected chi connectivity index (χ1v) is 5.63. The van der Waals surface area contributed by atoms with Crippen molar-refractivity contribution in [2.45, 2.75) is 19.8 Å². The smallest absolute Gasteiger partial charge is 0.509 e. The molecule has 2 heterocycles. The monoisotopic (exact) mass is 250 g/mol. The second-order valence-corrected chi connectivity index (χ2v) is 4.18. The third-order valence-corrected chi connectivity index (χ3v) is 2.58. The number of ether oxygens (including phenoxy) is 1. The summed E-state index contributed by atoms with van der Waals surface area (Å²) in [4.78, 5) is 0. The minimum Gasteiger partial charge on any atom is -0.509 e. The molecule has 0 spiro atoms. The molecule has 0 aromatic carbocycles. The Balaban J connectivity index is 2.67. The van der Waals surface area contributed by atoms with Crippen molar-refractivity contribution in [2.24, 2.45) is 0 Å². The standard InChI is InChI=1S/C11H15BN2O4/c1-7(2)10-11(18-12(15)16)8-5-4-6-9(17-3)14(8)13-10/h4-7,15-16H,1-3H3. The number of methoxy groups -OCH3 is 1. The zero-order valence-electron chi connectivity index (χ0n) is 10.5. The fourth-order valence-corrected chi connectivity index (χ4v) is 1.80. The van der Waals surface area contributed by atoms with Gasteiger partial charge in [-0.2, -0.15) is 9.61 Å². The molecular formula is C11H15BN2O4. The van der Waals surface area contributed by atoms with Gasteiger partial charge in [-0.3, -0.25) is 0 Å². The van der Waals surface area contributed by atoms with Gasteiger partial charge in [-0.05, 0) is 6.07 Å². The van der Waals surface area contributed by atoms with Crippen LogP contribution in [0.15, 0.2) is 18.2 Å². The molecule has 0 aliphatic carbocycles. The van der Waals surface area contributed by atoms with Crippen molar-refractivity contribution < 1.29 is 19.4 Å². The van der Waals surface area contributed by atoms with Crippen LogP contribution in [0.4, 0.5) is 0 Å². The van der Waals surface area contributed by atoms with E-state index in [1.807, 2.05) is 13.8 Å². The average molecular weight is 250 g/mol. The number of rotatable bonds is 4. The van der Waals surface area contributed by atoms with E-state index in [1.165, 1.54) is 0 Å². The van der Waals surface area contributed by atoms with Gasteiger partial charge < -0.3 is 19.4 Å². The van der Waals surface area contributed by atoms with Crippen LogP contribution >= 0.6 is 0 Å². The van der Waals surface area contributed by atoms with E-state index in [-0.39, 0.29) is 5.92 Å². The molecule has 0 bridgehead atoms. The molecule has 0 amide bonds. The topological polar surface area (TPSA) is 76.2 Å². The van der Waals surface area contributed by atoms with Crippen LogP contribution < -0.4 is 9.39 Å². The van der Waals surface area contributed by atoms with E-state index >= 15 is 0 Å². The number of fused-ring (bicyclic) bond motifs is 1. The summed E-state index contributed by atoms with van der Waals surface area (Å²) in [5, 5.41) is 22.3. The van der Waals surface area contributed by atoms with Crippen molar-refractivity contribution in [1.29, 1.82) is 0 Å². The summed E-state index contributed by atoms with van der Waals surface area (Å²) >= 11 is 0. The van der Waals surface area contributed by atoms with Crippen molar-refractivity contribution in [1.82, 2.24) is 9.61 Å². The van der Waals surface area contributed by atoms with Gasteiger partial charge in [-0.25, -0.2) is 0 Å². The van der Waals surface area contributed by atoms with Gasteiger partial charge in [0.2, 0.25) is 5.88 Å². The molecule has 0 atom stereocenters. The first-order valence-electron chi connectivity index (χ1n) is 5.63. The van der Waals surface area contributed by atoms with Crippen LogP contribution in [-0.2, 0) is 0 Å². The summed E-state index contributed by atoms with van der Waals surface area (Å²) in [6.07, 6.45) is 0. The lowest BCUT2D eigenvalue weighted by atomic mass is 10.1. The second-order valence-electron chi connectivity index (χ2n) is 4.18. The van der Waals surface area contributed by atoms with Crippen LogP contribution in [0.3, 0.4) is 0 Å². The Morgan fingerprint density at radius 3 is 2.61 bits per heavy atom. The first kappa shape index (κ1) is 12.7. The van der Waals surface area contributed by atoms with Crippen LogP contribution in [0, 0.1) is 0 Å². The fraction of sp³-hybridized carbons (Fsp3) is 0.364. The first-order chi connectivity index (χ1) is 8.54. The summed E-state index contributed by atoms with van der Waals surface area (Å²) in [6, 6.07) is 5.33. The van der Waals surface area contributed by atoms with Gasteiger partial charge in [0.15, 0.2) is 5.75 Å². The molecule has 2 N–H and O–H groups in total. The lowest BCUT2D eigenvalue weighted by molar-refractivity contribution is 0.288. The SMILES string of the molecule is COc1cccc2c(OB(O)O)c(C(C)C)nn12. The summed E-state index contributed by atoms with van der Waals surface area (Å²) < 4.78 is 11.8. The zero-order valence-corrected chi connectivity index (χ0v) is 10.5. The summed E-state index contributed by atoms with van der Waals surface area (Å²) in [5.41, 5.74) is 1.28. The highest BCUT2D eigenvalue weighted by Gasteiger charge is 2.23. The molecule has 0 fully saturated rings. The lowest BCUT2D eigenvalue weighted by Gasteiger charge is -2.07. The van der Waals surface area contributed by atoms with Gasteiger partial charge in [-0.15, -0.1) is 0 Å². The normalized spacial score (nSPS) is 11.0. The van der Waals surface area contributed by atoms with E-state index in [4.69, 9.17) is 19.4 Å². The summed E-state index contributed by atoms with van der Waals surface area (Å²) in [7, 11) is -0.325. The Hall–Kier alpha value is -1.73. The van der Waals surface area contributed by atoms with Gasteiger partial charge in [0.05, 0.1) is 7.11 Å². The third-order valence-electron chi connectivity index (χ3n) is 2.58. The molecule has 2 rings (SSSR count). The molecule has 7 heteroatoms. The molecule has 6 nitrogen and oxygen atoms in total. The van der Waals surface area contributed by atoms with Crippen molar-refractivity contribution >= 4 is 12.8 Å². The predicted octanol–water partition coefficient (Wildman–Crippen LogP) is 0.815. The van der Waals surface area contributed by atoms with E-state index < -0.39 is 7.32 Å². The maximum absolute atomic E-state index is 8.98. The lowest BCUT2D eigenvalue weighted by Crippen LogP contribution is -2.21. The molecule has 96 valence electrons. The van der Waals surface area contributed by atoms with Gasteiger partial charge in [-0.1, -0.05) is 19.9 Å². The molecule has 0 aliphatic rings. The Morgan fingerprint density at radius 1 is 1.33 bits per heavy atom. The molecule has 0 unspecified atom stereocenters. The van der Waals surface area contributed by atoms with Crippen molar-refractivity contribution in [3.05, 3.63) is 23.9 Å². The van der Waals surface area contributed by atoms with Gasteiger partial charge in [0, 0.05) is 12.0 Å². The minimum absolute atomic E-state index is 0.0864. The van der Waals surface area contributed by atoms with Crippen molar-refractivity contribution in [3.63, 3.8) is 0 Å². The van der Waals surface area contributed by atoms with E-state index in [2.05, 4.69) is 5.10 Å². The van der Waals surface area contributed by atoms with E-state index in [0.717, 1.165) is 0 Å². The van der Waals surface area contributed by atoms with Gasteiger partial charge in [0.1, 0.15) is 11.2 Å². The average Bonchev–Trinajstić information content (AvgIpc) is 2.67. The molecule has 0 saturated heterocycles. The van der Waals surface area contributed by atoms with E-state index in [1.54, 1.807) is 29.8 Å². The fourth-order valence-electron chi connectivity index (χ4n) is 1.80. The minimum atomic E-state index is -1.87. The molecule has 0 aliphatic heterocycles. The quantitative estimate of drug-likeness (QED) is 0.785. The molecule has 18 heavy (non-hydrogen) atoms. The second kappa shape index (κ2) is 4.87. The van der Waals surface area contributed by atoms with Crippen molar-refractivity contribution in [2.75, 3.05) is 7.11 Å². The number of aromatic nitrogens is 2. The van der Waals surface area contributed by atoms with Crippen LogP contribution in [0.5, 0.6) is 11.6 Å².